The van der Waals surface area contributed by atoms with Crippen molar-refractivity contribution in [3.8, 4) is 17.0 Å². The number of aromatic hydroxyl groups is 1. The van der Waals surface area contributed by atoms with Crippen molar-refractivity contribution in [3.63, 3.8) is 0 Å². The number of hydrogen-bond acceptors (Lipinski definition) is 7. The highest BCUT2D eigenvalue weighted by atomic mass is 32.2. The molecule has 0 saturated heterocycles. The van der Waals surface area contributed by atoms with Crippen LogP contribution in [-0.2, 0) is 0 Å². The first-order valence-corrected chi connectivity index (χ1v) is 8.66. The SMILES string of the molecule is CSc1nnc(NC(=O)c2cc(-c3cccc(C)c3O)n[nH]2)s1. The maximum atomic E-state index is 12.2. The molecule has 23 heavy (non-hydrogen) atoms. The van der Waals surface area contributed by atoms with Gasteiger partial charge in [-0.05, 0) is 30.9 Å². The van der Waals surface area contributed by atoms with Gasteiger partial charge in [-0.2, -0.15) is 5.10 Å². The second-order valence-corrected chi connectivity index (χ2v) is 6.70. The molecule has 0 aliphatic heterocycles. The van der Waals surface area contributed by atoms with Crippen molar-refractivity contribution in [2.75, 3.05) is 11.6 Å². The van der Waals surface area contributed by atoms with Crippen LogP contribution in [0.15, 0.2) is 28.6 Å². The normalized spacial score (nSPS) is 10.7. The van der Waals surface area contributed by atoms with Crippen molar-refractivity contribution in [2.24, 2.45) is 0 Å². The van der Waals surface area contributed by atoms with Gasteiger partial charge in [0.05, 0.1) is 5.69 Å². The molecule has 0 aliphatic rings. The molecule has 0 saturated carbocycles. The molecule has 1 aromatic carbocycles. The average molecular weight is 347 g/mol. The first-order valence-electron chi connectivity index (χ1n) is 6.61. The van der Waals surface area contributed by atoms with Gasteiger partial charge in [-0.25, -0.2) is 0 Å². The topological polar surface area (TPSA) is 104 Å². The highest BCUT2D eigenvalue weighted by Crippen LogP contribution is 2.31. The Morgan fingerprint density at radius 1 is 1.39 bits per heavy atom. The third-order valence-electron chi connectivity index (χ3n) is 3.14. The number of phenolic OH excluding ortho intramolecular Hbond substituents is 1. The number of aromatic amines is 1. The van der Waals surface area contributed by atoms with Crippen LogP contribution in [0.25, 0.3) is 11.3 Å². The van der Waals surface area contributed by atoms with Gasteiger partial charge in [0.2, 0.25) is 5.13 Å². The van der Waals surface area contributed by atoms with Crippen LogP contribution in [0.3, 0.4) is 0 Å². The number of anilines is 1. The lowest BCUT2D eigenvalue weighted by Crippen LogP contribution is -2.12. The predicted molar refractivity (Wildman–Crippen MR) is 90.1 cm³/mol. The van der Waals surface area contributed by atoms with Gasteiger partial charge in [-0.15, -0.1) is 10.2 Å². The highest BCUT2D eigenvalue weighted by molar-refractivity contribution is 8.00. The van der Waals surface area contributed by atoms with Gasteiger partial charge in [0, 0.05) is 5.56 Å². The van der Waals surface area contributed by atoms with Crippen LogP contribution in [0.4, 0.5) is 5.13 Å². The van der Waals surface area contributed by atoms with Gasteiger partial charge in [0.1, 0.15) is 11.4 Å². The van der Waals surface area contributed by atoms with Crippen LogP contribution in [0.1, 0.15) is 16.1 Å². The standard InChI is InChI=1S/C14H13N5O2S2/c1-7-4-3-5-8(11(7)20)9-6-10(17-16-9)12(21)15-13-18-19-14(22-2)23-13/h3-6,20H,1-2H3,(H,16,17)(H,15,18,21). The molecule has 2 aromatic heterocycles. The molecule has 3 aromatic rings. The molecule has 0 radical (unpaired) electrons. The number of aryl methyl sites for hydroxylation is 1. The molecule has 0 fully saturated rings. The van der Waals surface area contributed by atoms with E-state index >= 15 is 0 Å². The van der Waals surface area contributed by atoms with Gasteiger partial charge in [0.15, 0.2) is 4.34 Å². The van der Waals surface area contributed by atoms with Crippen LogP contribution < -0.4 is 5.32 Å². The quantitative estimate of drug-likeness (QED) is 0.495. The van der Waals surface area contributed by atoms with Crippen LogP contribution in [-0.4, -0.2) is 37.7 Å². The Morgan fingerprint density at radius 2 is 2.22 bits per heavy atom. The smallest absolute Gasteiger partial charge is 0.275 e. The minimum Gasteiger partial charge on any atom is -0.507 e. The van der Waals surface area contributed by atoms with E-state index in [0.29, 0.717) is 16.4 Å². The second-order valence-electron chi connectivity index (χ2n) is 4.67. The summed E-state index contributed by atoms with van der Waals surface area (Å²) in [5.41, 5.74) is 2.09. The maximum absolute atomic E-state index is 12.2. The molecule has 9 heteroatoms. The number of carbonyl (C=O) groups is 1. The first kappa shape index (κ1) is 15.5. The molecular formula is C14H13N5O2S2. The van der Waals surface area contributed by atoms with Crippen molar-refractivity contribution < 1.29 is 9.90 Å². The summed E-state index contributed by atoms with van der Waals surface area (Å²) in [4.78, 5) is 12.2. The fourth-order valence-electron chi connectivity index (χ4n) is 1.95. The van der Waals surface area contributed by atoms with Crippen LogP contribution in [0.2, 0.25) is 0 Å². The van der Waals surface area contributed by atoms with Crippen molar-refractivity contribution in [3.05, 3.63) is 35.5 Å². The zero-order valence-corrected chi connectivity index (χ0v) is 14.0. The molecule has 118 valence electrons. The van der Waals surface area contributed by atoms with E-state index < -0.39 is 0 Å². The fraction of sp³-hybridized carbons (Fsp3) is 0.143. The number of thioether (sulfide) groups is 1. The molecule has 3 N–H and O–H groups in total. The Morgan fingerprint density at radius 3 is 2.96 bits per heavy atom. The van der Waals surface area contributed by atoms with Crippen molar-refractivity contribution in [1.29, 1.82) is 0 Å². The number of hydrogen-bond donors (Lipinski definition) is 3. The van der Waals surface area contributed by atoms with Crippen LogP contribution in [0.5, 0.6) is 5.75 Å². The number of H-pyrrole nitrogens is 1. The van der Waals surface area contributed by atoms with E-state index in [4.69, 9.17) is 0 Å². The van der Waals surface area contributed by atoms with E-state index in [0.717, 1.165) is 9.90 Å². The number of nitrogens with one attached hydrogen (secondary N) is 2. The average Bonchev–Trinajstić information content (AvgIpc) is 3.19. The summed E-state index contributed by atoms with van der Waals surface area (Å²) in [6.45, 7) is 1.80. The Hall–Kier alpha value is -2.39. The minimum absolute atomic E-state index is 0.152. The fourth-order valence-corrected chi connectivity index (χ4v) is 3.11. The third-order valence-corrected chi connectivity index (χ3v) is 4.95. The third kappa shape index (κ3) is 3.20. The van der Waals surface area contributed by atoms with E-state index in [2.05, 4.69) is 25.7 Å². The molecule has 0 spiro atoms. The number of rotatable bonds is 4. The van der Waals surface area contributed by atoms with Gasteiger partial charge in [-0.1, -0.05) is 35.2 Å². The highest BCUT2D eigenvalue weighted by Gasteiger charge is 2.15. The number of benzene rings is 1. The Balaban J connectivity index is 1.81. The minimum atomic E-state index is -0.361. The van der Waals surface area contributed by atoms with Gasteiger partial charge in [-0.3, -0.25) is 15.2 Å². The zero-order chi connectivity index (χ0) is 16.4. The predicted octanol–water partition coefficient (Wildman–Crippen LogP) is 2.92. The van der Waals surface area contributed by atoms with E-state index in [9.17, 15) is 9.90 Å². The molecule has 0 aliphatic carbocycles. The van der Waals surface area contributed by atoms with Crippen molar-refractivity contribution in [1.82, 2.24) is 20.4 Å². The van der Waals surface area contributed by atoms with Gasteiger partial charge >= 0.3 is 0 Å². The van der Waals surface area contributed by atoms with Crippen molar-refractivity contribution in [2.45, 2.75) is 11.3 Å². The molecule has 2 heterocycles. The summed E-state index contributed by atoms with van der Waals surface area (Å²) in [5.74, 6) is -0.209. The zero-order valence-electron chi connectivity index (χ0n) is 12.3. The van der Waals surface area contributed by atoms with Crippen LogP contribution in [0, 0.1) is 6.92 Å². The van der Waals surface area contributed by atoms with E-state index in [1.165, 1.54) is 23.1 Å². The van der Waals surface area contributed by atoms with E-state index in [1.807, 2.05) is 12.3 Å². The summed E-state index contributed by atoms with van der Waals surface area (Å²) < 4.78 is 0.773. The van der Waals surface area contributed by atoms with Crippen LogP contribution >= 0.6 is 23.1 Å². The summed E-state index contributed by atoms with van der Waals surface area (Å²) in [6.07, 6.45) is 1.89. The Bertz CT molecular complexity index is 858. The maximum Gasteiger partial charge on any atom is 0.275 e. The number of nitrogens with zero attached hydrogens (tertiary/aromatic N) is 3. The Kier molecular flexibility index (Phi) is 4.30. The lowest BCUT2D eigenvalue weighted by atomic mass is 10.1. The molecule has 1 amide bonds. The van der Waals surface area contributed by atoms with Gasteiger partial charge in [0.25, 0.3) is 5.91 Å². The van der Waals surface area contributed by atoms with E-state index in [-0.39, 0.29) is 17.4 Å². The lowest BCUT2D eigenvalue weighted by Gasteiger charge is -2.03. The molecule has 0 bridgehead atoms. The number of aromatic nitrogens is 4. The van der Waals surface area contributed by atoms with Gasteiger partial charge < -0.3 is 5.11 Å². The van der Waals surface area contributed by atoms with Crippen molar-refractivity contribution >= 4 is 34.1 Å². The number of carbonyl (C=O) groups excluding carboxylic acids is 1. The molecular weight excluding hydrogens is 334 g/mol. The summed E-state index contributed by atoms with van der Waals surface area (Å²) in [7, 11) is 0. The molecule has 3 rings (SSSR count). The molecule has 0 unspecified atom stereocenters. The van der Waals surface area contributed by atoms with E-state index in [1.54, 1.807) is 25.1 Å². The molecule has 7 nitrogen and oxygen atoms in total. The summed E-state index contributed by atoms with van der Waals surface area (Å²) in [5, 5.41) is 27.7. The summed E-state index contributed by atoms with van der Waals surface area (Å²) in [6, 6.07) is 6.96. The number of para-hydroxylation sites is 1. The Labute approximate surface area is 140 Å². The lowest BCUT2D eigenvalue weighted by molar-refractivity contribution is 0.102. The largest absolute Gasteiger partial charge is 0.507 e. The summed E-state index contributed by atoms with van der Waals surface area (Å²) >= 11 is 2.76. The first-order chi connectivity index (χ1) is 11.1. The number of amides is 1. The molecule has 0 atom stereocenters. The monoisotopic (exact) mass is 347 g/mol. The number of phenols is 1. The second kappa shape index (κ2) is 6.39.